The monoisotopic (exact) mass is 212 g/mol. The molecule has 0 fully saturated rings. The molecule has 1 N–H and O–H groups in total. The molecular formula is C11H20N2O2. The maximum absolute atomic E-state index is 5.31. The number of ether oxygens (including phenoxy) is 1. The summed E-state index contributed by atoms with van der Waals surface area (Å²) in [7, 11) is 1.66. The van der Waals surface area contributed by atoms with E-state index in [-0.39, 0.29) is 11.6 Å². The van der Waals surface area contributed by atoms with Gasteiger partial charge in [-0.3, -0.25) is 0 Å². The molecule has 1 rings (SSSR count). The lowest BCUT2D eigenvalue weighted by atomic mass is 10.1. The lowest BCUT2D eigenvalue weighted by Gasteiger charge is -2.20. The van der Waals surface area contributed by atoms with E-state index in [1.165, 1.54) is 6.39 Å². The molecule has 0 bridgehead atoms. The summed E-state index contributed by atoms with van der Waals surface area (Å²) in [5.74, 6) is 0.800. The van der Waals surface area contributed by atoms with Crippen LogP contribution in [0.25, 0.3) is 0 Å². The summed E-state index contributed by atoms with van der Waals surface area (Å²) < 4.78 is 10.5. The molecule has 1 aromatic heterocycles. The van der Waals surface area contributed by atoms with Crippen LogP contribution in [0.4, 0.5) is 0 Å². The Labute approximate surface area is 91.0 Å². The number of aromatic nitrogens is 1. The topological polar surface area (TPSA) is 47.3 Å². The highest BCUT2D eigenvalue weighted by Crippen LogP contribution is 2.19. The number of methoxy groups -OCH3 is 1. The van der Waals surface area contributed by atoms with Crippen molar-refractivity contribution in [2.75, 3.05) is 7.11 Å². The summed E-state index contributed by atoms with van der Waals surface area (Å²) in [6, 6.07) is 0. The first kappa shape index (κ1) is 12.2. The van der Waals surface area contributed by atoms with Gasteiger partial charge in [0.15, 0.2) is 12.2 Å². The summed E-state index contributed by atoms with van der Waals surface area (Å²) >= 11 is 0. The Kier molecular flexibility index (Phi) is 3.88. The van der Waals surface area contributed by atoms with E-state index in [2.05, 4.69) is 31.1 Å². The minimum Gasteiger partial charge on any atom is -0.445 e. The molecule has 4 heteroatoms. The number of nitrogens with zero attached hydrogens (tertiary/aromatic N) is 1. The third-order valence-corrected chi connectivity index (χ3v) is 2.18. The first-order chi connectivity index (χ1) is 6.94. The van der Waals surface area contributed by atoms with Gasteiger partial charge in [0.05, 0.1) is 5.69 Å². The van der Waals surface area contributed by atoms with Crippen LogP contribution in [0.15, 0.2) is 10.8 Å². The fourth-order valence-corrected chi connectivity index (χ4v) is 1.20. The molecule has 1 unspecified atom stereocenters. The van der Waals surface area contributed by atoms with Gasteiger partial charge in [-0.2, -0.15) is 0 Å². The molecule has 1 atom stereocenters. The number of hydrogen-bond acceptors (Lipinski definition) is 4. The van der Waals surface area contributed by atoms with Crippen LogP contribution in [0.1, 0.15) is 45.3 Å². The Balaban J connectivity index is 2.65. The van der Waals surface area contributed by atoms with Gasteiger partial charge in [0.1, 0.15) is 6.10 Å². The molecule has 15 heavy (non-hydrogen) atoms. The van der Waals surface area contributed by atoms with E-state index in [9.17, 15) is 0 Å². The number of oxazole rings is 1. The van der Waals surface area contributed by atoms with Crippen LogP contribution in [-0.2, 0) is 11.3 Å². The zero-order valence-corrected chi connectivity index (χ0v) is 10.1. The maximum atomic E-state index is 5.31. The minimum atomic E-state index is -0.0516. The predicted octanol–water partition coefficient (Wildman–Crippen LogP) is 2.27. The number of nitrogens with one attached hydrogen (secondary N) is 1. The van der Waals surface area contributed by atoms with Crippen LogP contribution in [0.5, 0.6) is 0 Å². The van der Waals surface area contributed by atoms with E-state index < -0.39 is 0 Å². The highest BCUT2D eigenvalue weighted by Gasteiger charge is 2.17. The van der Waals surface area contributed by atoms with Crippen LogP contribution in [0.2, 0.25) is 0 Å². The molecule has 0 spiro atoms. The van der Waals surface area contributed by atoms with Crippen LogP contribution >= 0.6 is 0 Å². The molecule has 0 saturated carbocycles. The van der Waals surface area contributed by atoms with Gasteiger partial charge in [0, 0.05) is 19.2 Å². The van der Waals surface area contributed by atoms with Gasteiger partial charge < -0.3 is 14.5 Å². The highest BCUT2D eigenvalue weighted by atomic mass is 16.5. The number of rotatable bonds is 4. The Hall–Kier alpha value is -0.870. The normalized spacial score (nSPS) is 14.2. The molecule has 0 aliphatic carbocycles. The summed E-state index contributed by atoms with van der Waals surface area (Å²) in [4.78, 5) is 4.18. The van der Waals surface area contributed by atoms with Gasteiger partial charge in [0.2, 0.25) is 0 Å². The second-order valence-corrected chi connectivity index (χ2v) is 4.64. The maximum Gasteiger partial charge on any atom is 0.181 e. The van der Waals surface area contributed by atoms with E-state index in [0.29, 0.717) is 6.54 Å². The molecule has 0 amide bonds. The van der Waals surface area contributed by atoms with Gasteiger partial charge in [-0.1, -0.05) is 0 Å². The quantitative estimate of drug-likeness (QED) is 0.831. The van der Waals surface area contributed by atoms with Crippen molar-refractivity contribution in [1.82, 2.24) is 10.3 Å². The van der Waals surface area contributed by atoms with Gasteiger partial charge >= 0.3 is 0 Å². The molecule has 1 aromatic rings. The molecule has 0 radical (unpaired) electrons. The lowest BCUT2D eigenvalue weighted by molar-refractivity contribution is 0.0982. The fourth-order valence-electron chi connectivity index (χ4n) is 1.20. The average molecular weight is 212 g/mol. The molecular weight excluding hydrogens is 192 g/mol. The lowest BCUT2D eigenvalue weighted by Crippen LogP contribution is -2.35. The van der Waals surface area contributed by atoms with Crippen molar-refractivity contribution < 1.29 is 9.15 Å². The summed E-state index contributed by atoms with van der Waals surface area (Å²) in [5, 5.41) is 3.37. The molecule has 0 aliphatic rings. The van der Waals surface area contributed by atoms with Crippen molar-refractivity contribution in [3.05, 3.63) is 17.8 Å². The largest absolute Gasteiger partial charge is 0.445 e. The molecule has 0 saturated heterocycles. The molecule has 1 heterocycles. The van der Waals surface area contributed by atoms with E-state index in [1.54, 1.807) is 7.11 Å². The smallest absolute Gasteiger partial charge is 0.181 e. The molecule has 4 nitrogen and oxygen atoms in total. The SMILES string of the molecule is COC(C)c1ocnc1CNC(C)(C)C. The van der Waals surface area contributed by atoms with Gasteiger partial charge in [-0.05, 0) is 27.7 Å². The molecule has 0 aliphatic heterocycles. The third kappa shape index (κ3) is 3.64. The van der Waals surface area contributed by atoms with E-state index in [0.717, 1.165) is 11.5 Å². The Bertz CT molecular complexity index is 302. The highest BCUT2D eigenvalue weighted by molar-refractivity contribution is 5.10. The Morgan fingerprint density at radius 2 is 2.20 bits per heavy atom. The summed E-state index contributed by atoms with van der Waals surface area (Å²) in [6.07, 6.45) is 1.41. The van der Waals surface area contributed by atoms with Crippen molar-refractivity contribution >= 4 is 0 Å². The average Bonchev–Trinajstić information content (AvgIpc) is 2.60. The summed E-state index contributed by atoms with van der Waals surface area (Å²) in [5.41, 5.74) is 0.992. The zero-order valence-electron chi connectivity index (χ0n) is 10.1. The van der Waals surface area contributed by atoms with Crippen LogP contribution < -0.4 is 5.32 Å². The van der Waals surface area contributed by atoms with Crippen molar-refractivity contribution in [2.24, 2.45) is 0 Å². The minimum absolute atomic E-state index is 0.0516. The molecule has 86 valence electrons. The second kappa shape index (κ2) is 4.77. The first-order valence-corrected chi connectivity index (χ1v) is 5.14. The van der Waals surface area contributed by atoms with Crippen molar-refractivity contribution in [3.63, 3.8) is 0 Å². The Morgan fingerprint density at radius 1 is 1.53 bits per heavy atom. The van der Waals surface area contributed by atoms with E-state index >= 15 is 0 Å². The number of hydrogen-bond donors (Lipinski definition) is 1. The van der Waals surface area contributed by atoms with Crippen LogP contribution in [-0.4, -0.2) is 17.6 Å². The van der Waals surface area contributed by atoms with Crippen molar-refractivity contribution in [2.45, 2.75) is 45.9 Å². The first-order valence-electron chi connectivity index (χ1n) is 5.14. The molecule has 0 aromatic carbocycles. The fraction of sp³-hybridized carbons (Fsp3) is 0.727. The van der Waals surface area contributed by atoms with E-state index in [4.69, 9.17) is 9.15 Å². The van der Waals surface area contributed by atoms with E-state index in [1.807, 2.05) is 6.92 Å². The second-order valence-electron chi connectivity index (χ2n) is 4.64. The predicted molar refractivity (Wildman–Crippen MR) is 58.5 cm³/mol. The van der Waals surface area contributed by atoms with Gasteiger partial charge in [0.25, 0.3) is 0 Å². The van der Waals surface area contributed by atoms with Crippen LogP contribution in [0, 0.1) is 0 Å². The third-order valence-electron chi connectivity index (χ3n) is 2.18. The zero-order chi connectivity index (χ0) is 11.5. The van der Waals surface area contributed by atoms with Gasteiger partial charge in [-0.15, -0.1) is 0 Å². The summed E-state index contributed by atoms with van der Waals surface area (Å²) in [6.45, 7) is 9.00. The van der Waals surface area contributed by atoms with Crippen molar-refractivity contribution in [3.8, 4) is 0 Å². The van der Waals surface area contributed by atoms with Crippen LogP contribution in [0.3, 0.4) is 0 Å². The van der Waals surface area contributed by atoms with Gasteiger partial charge in [-0.25, -0.2) is 4.98 Å². The Morgan fingerprint density at radius 3 is 2.73 bits per heavy atom. The van der Waals surface area contributed by atoms with Crippen molar-refractivity contribution in [1.29, 1.82) is 0 Å². The standard InChI is InChI=1S/C11H20N2O2/c1-8(14-5)10-9(12-7-15-10)6-13-11(2,3)4/h7-8,13H,6H2,1-5H3.